The summed E-state index contributed by atoms with van der Waals surface area (Å²) in [7, 11) is 0. The van der Waals surface area contributed by atoms with Crippen LogP contribution in [-0.4, -0.2) is 19.8 Å². The molecule has 0 aliphatic heterocycles. The molecule has 4 rings (SSSR count). The molecule has 0 aliphatic carbocycles. The Morgan fingerprint density at radius 2 is 1.67 bits per heavy atom. The minimum absolute atomic E-state index is 0.684. The highest BCUT2D eigenvalue weighted by molar-refractivity contribution is 7.19. The van der Waals surface area contributed by atoms with Crippen LogP contribution in [0.15, 0.2) is 54.6 Å². The van der Waals surface area contributed by atoms with Gasteiger partial charge < -0.3 is 0 Å². The van der Waals surface area contributed by atoms with Crippen molar-refractivity contribution in [2.75, 3.05) is 0 Å². The van der Waals surface area contributed by atoms with Crippen molar-refractivity contribution < 1.29 is 0 Å². The van der Waals surface area contributed by atoms with Gasteiger partial charge in [-0.1, -0.05) is 71.5 Å². The van der Waals surface area contributed by atoms with Crippen LogP contribution in [0.5, 0.6) is 0 Å². The lowest BCUT2D eigenvalue weighted by atomic mass is 10.2. The first-order valence-electron chi connectivity index (χ1n) is 6.35. The van der Waals surface area contributed by atoms with E-state index >= 15 is 0 Å². The minimum atomic E-state index is 0.684. The van der Waals surface area contributed by atoms with E-state index in [-0.39, 0.29) is 0 Å². The van der Waals surface area contributed by atoms with Gasteiger partial charge in [-0.3, -0.25) is 0 Å². The van der Waals surface area contributed by atoms with Crippen molar-refractivity contribution in [2.45, 2.75) is 0 Å². The average molecular weight is 313 g/mol. The fourth-order valence-corrected chi connectivity index (χ4v) is 3.29. The molecule has 0 bridgehead atoms. The summed E-state index contributed by atoms with van der Waals surface area (Å²) in [6.07, 6.45) is 0. The Hall–Kier alpha value is -2.24. The fourth-order valence-electron chi connectivity index (χ4n) is 2.13. The molecule has 4 aromatic rings. The number of fused-ring (bicyclic) bond motifs is 1. The fraction of sp³-hybridized carbons (Fsp3) is 0. The highest BCUT2D eigenvalue weighted by Gasteiger charge is 2.15. The summed E-state index contributed by atoms with van der Waals surface area (Å²) in [5, 5.41) is 14.5. The van der Waals surface area contributed by atoms with E-state index in [0.29, 0.717) is 5.02 Å². The van der Waals surface area contributed by atoms with Crippen LogP contribution in [-0.2, 0) is 0 Å². The zero-order chi connectivity index (χ0) is 14.2. The van der Waals surface area contributed by atoms with Crippen LogP contribution in [0.2, 0.25) is 5.02 Å². The molecular weight excluding hydrogens is 304 g/mol. The Balaban J connectivity index is 1.89. The van der Waals surface area contributed by atoms with Gasteiger partial charge in [0.1, 0.15) is 5.01 Å². The van der Waals surface area contributed by atoms with Gasteiger partial charge in [0, 0.05) is 11.1 Å². The van der Waals surface area contributed by atoms with Gasteiger partial charge in [-0.2, -0.15) is 9.61 Å². The number of aromatic nitrogens is 4. The molecule has 0 amide bonds. The van der Waals surface area contributed by atoms with Crippen molar-refractivity contribution >= 4 is 27.9 Å². The maximum Gasteiger partial charge on any atom is 0.235 e. The van der Waals surface area contributed by atoms with E-state index in [4.69, 9.17) is 11.6 Å². The third kappa shape index (κ3) is 2.11. The highest BCUT2D eigenvalue weighted by atomic mass is 35.5. The Bertz CT molecular complexity index is 914. The molecule has 102 valence electrons. The van der Waals surface area contributed by atoms with Gasteiger partial charge in [-0.15, -0.1) is 10.2 Å². The summed E-state index contributed by atoms with van der Waals surface area (Å²) >= 11 is 7.71. The normalized spacial score (nSPS) is 11.1. The number of halogens is 1. The van der Waals surface area contributed by atoms with E-state index in [1.807, 2.05) is 54.6 Å². The third-order valence-electron chi connectivity index (χ3n) is 3.13. The molecule has 4 nitrogen and oxygen atoms in total. The van der Waals surface area contributed by atoms with Crippen molar-refractivity contribution in [1.82, 2.24) is 19.8 Å². The van der Waals surface area contributed by atoms with Crippen LogP contribution in [0.3, 0.4) is 0 Å². The number of nitrogens with zero attached hydrogens (tertiary/aromatic N) is 4. The summed E-state index contributed by atoms with van der Waals surface area (Å²) in [6, 6.07) is 17.6. The van der Waals surface area contributed by atoms with Gasteiger partial charge in [-0.25, -0.2) is 0 Å². The van der Waals surface area contributed by atoms with Crippen molar-refractivity contribution in [1.29, 1.82) is 0 Å². The van der Waals surface area contributed by atoms with Gasteiger partial charge in [0.2, 0.25) is 4.96 Å². The number of hydrogen-bond acceptors (Lipinski definition) is 4. The van der Waals surface area contributed by atoms with E-state index in [2.05, 4.69) is 15.3 Å². The molecule has 0 aliphatic rings. The van der Waals surface area contributed by atoms with Gasteiger partial charge in [0.15, 0.2) is 5.82 Å². The van der Waals surface area contributed by atoms with E-state index in [0.717, 1.165) is 26.9 Å². The van der Waals surface area contributed by atoms with Gasteiger partial charge in [0.25, 0.3) is 0 Å². The molecule has 2 aromatic heterocycles. The summed E-state index contributed by atoms with van der Waals surface area (Å²) in [6.45, 7) is 0. The molecule has 2 aromatic carbocycles. The number of rotatable bonds is 2. The Morgan fingerprint density at radius 3 is 2.48 bits per heavy atom. The molecule has 0 N–H and O–H groups in total. The number of hydrogen-bond donors (Lipinski definition) is 0. The highest BCUT2D eigenvalue weighted by Crippen LogP contribution is 2.32. The van der Waals surface area contributed by atoms with Crippen molar-refractivity contribution in [3.05, 3.63) is 59.6 Å². The monoisotopic (exact) mass is 312 g/mol. The van der Waals surface area contributed by atoms with E-state index in [1.54, 1.807) is 4.52 Å². The predicted molar refractivity (Wildman–Crippen MR) is 84.5 cm³/mol. The summed E-state index contributed by atoms with van der Waals surface area (Å²) in [4.78, 5) is 0.753. The molecule has 2 heterocycles. The van der Waals surface area contributed by atoms with Crippen LogP contribution in [0.25, 0.3) is 26.9 Å². The molecule has 0 fully saturated rings. The average Bonchev–Trinajstić information content (AvgIpc) is 3.08. The largest absolute Gasteiger partial charge is 0.235 e. The lowest BCUT2D eigenvalue weighted by Gasteiger charge is -1.98. The smallest absolute Gasteiger partial charge is 0.182 e. The summed E-state index contributed by atoms with van der Waals surface area (Å²) in [5.41, 5.74) is 1.90. The van der Waals surface area contributed by atoms with Crippen LogP contribution in [0.1, 0.15) is 0 Å². The van der Waals surface area contributed by atoms with Crippen molar-refractivity contribution in [3.63, 3.8) is 0 Å². The maximum absolute atomic E-state index is 6.23. The Morgan fingerprint density at radius 1 is 0.905 bits per heavy atom. The first kappa shape index (κ1) is 12.5. The van der Waals surface area contributed by atoms with Crippen LogP contribution < -0.4 is 0 Å². The SMILES string of the molecule is Clc1ccccc1-c1nn2c(-c3ccccc3)nnc2s1. The molecular formula is C15H9ClN4S. The van der Waals surface area contributed by atoms with E-state index in [1.165, 1.54) is 11.3 Å². The standard InChI is InChI=1S/C15H9ClN4S/c16-12-9-5-4-8-11(12)14-19-20-13(17-18-15(20)21-14)10-6-2-1-3-7-10/h1-9H. The van der Waals surface area contributed by atoms with E-state index in [9.17, 15) is 0 Å². The van der Waals surface area contributed by atoms with Crippen LogP contribution in [0.4, 0.5) is 0 Å². The minimum Gasteiger partial charge on any atom is -0.182 e. The second-order valence-corrected chi connectivity index (χ2v) is 5.83. The second-order valence-electron chi connectivity index (χ2n) is 4.47. The summed E-state index contributed by atoms with van der Waals surface area (Å²) in [5.74, 6) is 0.736. The van der Waals surface area contributed by atoms with Crippen molar-refractivity contribution in [3.8, 4) is 22.0 Å². The Labute approximate surface area is 129 Å². The number of benzene rings is 2. The first-order valence-corrected chi connectivity index (χ1v) is 7.55. The topological polar surface area (TPSA) is 43.1 Å². The quantitative estimate of drug-likeness (QED) is 0.558. The molecule has 0 unspecified atom stereocenters. The Kier molecular flexibility index (Phi) is 2.94. The molecule has 0 spiro atoms. The molecule has 0 saturated heterocycles. The molecule has 21 heavy (non-hydrogen) atoms. The first-order chi connectivity index (χ1) is 10.3. The third-order valence-corrected chi connectivity index (χ3v) is 4.39. The van der Waals surface area contributed by atoms with Gasteiger partial charge in [-0.05, 0) is 6.07 Å². The second kappa shape index (κ2) is 4.95. The maximum atomic E-state index is 6.23. The zero-order valence-corrected chi connectivity index (χ0v) is 12.3. The molecule has 6 heteroatoms. The van der Waals surface area contributed by atoms with Gasteiger partial charge in [0.05, 0.1) is 5.02 Å². The lowest BCUT2D eigenvalue weighted by molar-refractivity contribution is 0.971. The zero-order valence-electron chi connectivity index (χ0n) is 10.8. The van der Waals surface area contributed by atoms with E-state index < -0.39 is 0 Å². The molecule has 0 atom stereocenters. The van der Waals surface area contributed by atoms with Crippen LogP contribution >= 0.6 is 22.9 Å². The van der Waals surface area contributed by atoms with Gasteiger partial charge >= 0.3 is 0 Å². The molecule has 0 radical (unpaired) electrons. The van der Waals surface area contributed by atoms with Crippen LogP contribution in [0, 0.1) is 0 Å². The lowest BCUT2D eigenvalue weighted by Crippen LogP contribution is -1.90. The van der Waals surface area contributed by atoms with Crippen molar-refractivity contribution in [2.24, 2.45) is 0 Å². The summed E-state index contributed by atoms with van der Waals surface area (Å²) < 4.78 is 1.76. The molecule has 0 saturated carbocycles. The predicted octanol–water partition coefficient (Wildman–Crippen LogP) is 4.17.